The molecule has 1 aliphatic carbocycles. The van der Waals surface area contributed by atoms with Gasteiger partial charge in [-0.1, -0.05) is 60.7 Å². The Labute approximate surface area is 160 Å². The second-order valence-corrected chi connectivity index (χ2v) is 8.13. The number of Topliss-reactive ketones (excluding diaryl/α,β-unsaturated/α-hetero) is 1. The highest BCUT2D eigenvalue weighted by Crippen LogP contribution is 2.61. The maximum atomic E-state index is 13.3. The summed E-state index contributed by atoms with van der Waals surface area (Å²) in [7, 11) is 0. The van der Waals surface area contributed by atoms with E-state index in [2.05, 4.69) is 24.3 Å². The number of hydrogen-bond acceptors (Lipinski definition) is 3. The number of aryl methyl sites for hydroxylation is 2. The molecule has 0 aromatic heterocycles. The van der Waals surface area contributed by atoms with Crippen LogP contribution in [0.3, 0.4) is 0 Å². The van der Waals surface area contributed by atoms with Crippen molar-refractivity contribution in [3.63, 3.8) is 0 Å². The number of carbonyl (C=O) groups excluding carboxylic acids is 2. The summed E-state index contributed by atoms with van der Waals surface area (Å²) < 4.78 is 5.80. The van der Waals surface area contributed by atoms with Gasteiger partial charge in [0.2, 0.25) is 0 Å². The summed E-state index contributed by atoms with van der Waals surface area (Å²) in [4.78, 5) is 25.3. The van der Waals surface area contributed by atoms with Gasteiger partial charge in [-0.15, -0.1) is 0 Å². The molecule has 2 fully saturated rings. The van der Waals surface area contributed by atoms with Gasteiger partial charge >= 0.3 is 5.97 Å². The summed E-state index contributed by atoms with van der Waals surface area (Å²) in [5.74, 6) is -0.0102. The highest BCUT2D eigenvalue weighted by atomic mass is 16.6. The van der Waals surface area contributed by atoms with E-state index in [1.807, 2.05) is 43.3 Å². The molecule has 3 nitrogen and oxygen atoms in total. The fraction of sp³-hybridized carbons (Fsp3) is 0.417. The second kappa shape index (κ2) is 6.95. The number of hydrogen-bond donors (Lipinski definition) is 0. The first kappa shape index (κ1) is 18.0. The fourth-order valence-corrected chi connectivity index (χ4v) is 4.98. The predicted molar refractivity (Wildman–Crippen MR) is 104 cm³/mol. The molecule has 2 aromatic rings. The molecule has 1 aliphatic heterocycles. The molecule has 0 radical (unpaired) electrons. The van der Waals surface area contributed by atoms with Crippen LogP contribution in [-0.2, 0) is 27.2 Å². The second-order valence-electron chi connectivity index (χ2n) is 8.13. The molecular weight excluding hydrogens is 336 g/mol. The zero-order chi connectivity index (χ0) is 18.9. The maximum Gasteiger partial charge on any atom is 0.313 e. The van der Waals surface area contributed by atoms with Crippen LogP contribution in [0.25, 0.3) is 0 Å². The lowest BCUT2D eigenvalue weighted by molar-refractivity contribution is -0.227. The van der Waals surface area contributed by atoms with Gasteiger partial charge in [0.05, 0.1) is 11.3 Å². The third-order valence-electron chi connectivity index (χ3n) is 6.72. The predicted octanol–water partition coefficient (Wildman–Crippen LogP) is 4.53. The Balaban J connectivity index is 1.50. The normalized spacial score (nSPS) is 28.9. The van der Waals surface area contributed by atoms with Crippen LogP contribution in [0.2, 0.25) is 0 Å². The highest BCUT2D eigenvalue weighted by Gasteiger charge is 2.71. The Morgan fingerprint density at radius 2 is 1.59 bits per heavy atom. The lowest BCUT2D eigenvalue weighted by Crippen LogP contribution is -2.63. The van der Waals surface area contributed by atoms with Crippen LogP contribution in [0, 0.1) is 11.3 Å². The first-order valence-electron chi connectivity index (χ1n) is 9.89. The standard InChI is InChI=1S/C24H26O3/c1-23(21(25)13-12-18-8-4-2-5-9-18)16-15-20-22(26)27-24(20,23)17-14-19-10-6-3-7-11-19/h2-11,20H,12-17H2,1H3/t20-,23+,24+/m1/s1. The first-order chi connectivity index (χ1) is 13.1. The monoisotopic (exact) mass is 362 g/mol. The van der Waals surface area contributed by atoms with E-state index in [1.165, 1.54) is 11.1 Å². The van der Waals surface area contributed by atoms with Crippen LogP contribution >= 0.6 is 0 Å². The maximum absolute atomic E-state index is 13.3. The van der Waals surface area contributed by atoms with Crippen LogP contribution < -0.4 is 0 Å². The molecule has 3 atom stereocenters. The van der Waals surface area contributed by atoms with E-state index in [9.17, 15) is 9.59 Å². The molecule has 0 amide bonds. The van der Waals surface area contributed by atoms with Gasteiger partial charge < -0.3 is 4.74 Å². The molecule has 0 spiro atoms. The molecule has 2 aliphatic rings. The molecule has 1 saturated carbocycles. The molecule has 27 heavy (non-hydrogen) atoms. The van der Waals surface area contributed by atoms with Crippen molar-refractivity contribution in [2.24, 2.45) is 11.3 Å². The number of carbonyl (C=O) groups is 2. The molecule has 1 saturated heterocycles. The summed E-state index contributed by atoms with van der Waals surface area (Å²) in [5.41, 5.74) is 1.20. The number of benzene rings is 2. The van der Waals surface area contributed by atoms with Crippen LogP contribution in [-0.4, -0.2) is 17.4 Å². The molecule has 140 valence electrons. The van der Waals surface area contributed by atoms with Crippen molar-refractivity contribution >= 4 is 11.8 Å². The minimum Gasteiger partial charge on any atom is -0.457 e. The van der Waals surface area contributed by atoms with Crippen molar-refractivity contribution in [2.75, 3.05) is 0 Å². The third-order valence-corrected chi connectivity index (χ3v) is 6.72. The fourth-order valence-electron chi connectivity index (χ4n) is 4.98. The Hall–Kier alpha value is -2.42. The Kier molecular flexibility index (Phi) is 4.63. The van der Waals surface area contributed by atoms with Crippen LogP contribution in [0.5, 0.6) is 0 Å². The minimum atomic E-state index is -0.617. The first-order valence-corrected chi connectivity index (χ1v) is 9.89. The number of esters is 1. The van der Waals surface area contributed by atoms with Crippen LogP contribution in [0.1, 0.15) is 43.7 Å². The largest absolute Gasteiger partial charge is 0.457 e. The van der Waals surface area contributed by atoms with E-state index < -0.39 is 11.0 Å². The van der Waals surface area contributed by atoms with Gasteiger partial charge in [0.1, 0.15) is 11.4 Å². The lowest BCUT2D eigenvalue weighted by atomic mass is 9.64. The Morgan fingerprint density at radius 1 is 1.00 bits per heavy atom. The third kappa shape index (κ3) is 2.99. The van der Waals surface area contributed by atoms with Crippen LogP contribution in [0.15, 0.2) is 60.7 Å². The summed E-state index contributed by atoms with van der Waals surface area (Å²) in [5, 5.41) is 0. The van der Waals surface area contributed by atoms with E-state index in [0.29, 0.717) is 6.42 Å². The SMILES string of the molecule is C[C@@]1(C(=O)CCc2ccccc2)CC[C@@H]2C(=O)O[C@@]21CCc1ccccc1. The van der Waals surface area contributed by atoms with E-state index >= 15 is 0 Å². The van der Waals surface area contributed by atoms with Crippen LogP contribution in [0.4, 0.5) is 0 Å². The molecule has 0 unspecified atom stereocenters. The zero-order valence-electron chi connectivity index (χ0n) is 15.8. The lowest BCUT2D eigenvalue weighted by Gasteiger charge is -2.51. The number of rotatable bonds is 7. The van der Waals surface area contributed by atoms with E-state index in [-0.39, 0.29) is 17.7 Å². The number of ketones is 1. The summed E-state index contributed by atoms with van der Waals surface area (Å²) in [6.45, 7) is 2.03. The molecule has 4 rings (SSSR count). The van der Waals surface area contributed by atoms with Gasteiger partial charge in [-0.3, -0.25) is 9.59 Å². The highest BCUT2D eigenvalue weighted by molar-refractivity contribution is 5.92. The topological polar surface area (TPSA) is 43.4 Å². The summed E-state index contributed by atoms with van der Waals surface area (Å²) in [6.07, 6.45) is 4.29. The molecule has 2 aromatic carbocycles. The average molecular weight is 362 g/mol. The van der Waals surface area contributed by atoms with Gasteiger partial charge in [-0.2, -0.15) is 0 Å². The van der Waals surface area contributed by atoms with Crippen molar-refractivity contribution in [3.8, 4) is 0 Å². The van der Waals surface area contributed by atoms with Crippen molar-refractivity contribution in [2.45, 2.75) is 51.0 Å². The smallest absolute Gasteiger partial charge is 0.313 e. The summed E-state index contributed by atoms with van der Waals surface area (Å²) in [6, 6.07) is 20.3. The molecule has 3 heteroatoms. The van der Waals surface area contributed by atoms with Crippen molar-refractivity contribution in [1.29, 1.82) is 0 Å². The van der Waals surface area contributed by atoms with Gasteiger partial charge in [0, 0.05) is 6.42 Å². The number of fused-ring (bicyclic) bond motifs is 1. The molecule has 0 N–H and O–H groups in total. The molecule has 1 heterocycles. The average Bonchev–Trinajstić information content (AvgIpc) is 2.93. The van der Waals surface area contributed by atoms with Crippen molar-refractivity contribution in [3.05, 3.63) is 71.8 Å². The summed E-state index contributed by atoms with van der Waals surface area (Å²) >= 11 is 0. The van der Waals surface area contributed by atoms with Gasteiger partial charge in [-0.25, -0.2) is 0 Å². The molecule has 0 bridgehead atoms. The number of ether oxygens (including phenoxy) is 1. The van der Waals surface area contributed by atoms with Crippen molar-refractivity contribution in [1.82, 2.24) is 0 Å². The Morgan fingerprint density at radius 3 is 2.19 bits per heavy atom. The quantitative estimate of drug-likeness (QED) is 0.680. The van der Waals surface area contributed by atoms with Gasteiger partial charge in [0.15, 0.2) is 0 Å². The zero-order valence-corrected chi connectivity index (χ0v) is 15.8. The van der Waals surface area contributed by atoms with Crippen molar-refractivity contribution < 1.29 is 14.3 Å². The minimum absolute atomic E-state index is 0.119. The van der Waals surface area contributed by atoms with Gasteiger partial charge in [0.25, 0.3) is 0 Å². The molecular formula is C24H26O3. The Bertz CT molecular complexity index is 829. The van der Waals surface area contributed by atoms with E-state index in [4.69, 9.17) is 4.74 Å². The van der Waals surface area contributed by atoms with Gasteiger partial charge in [-0.05, 0) is 50.2 Å². The van der Waals surface area contributed by atoms with E-state index in [1.54, 1.807) is 0 Å². The van der Waals surface area contributed by atoms with E-state index in [0.717, 1.165) is 32.1 Å².